The minimum Gasteiger partial charge on any atom is -0.497 e. The lowest BCUT2D eigenvalue weighted by Gasteiger charge is -2.32. The van der Waals surface area contributed by atoms with Gasteiger partial charge in [-0.15, -0.1) is 0 Å². The van der Waals surface area contributed by atoms with Gasteiger partial charge in [-0.25, -0.2) is 4.79 Å². The summed E-state index contributed by atoms with van der Waals surface area (Å²) in [7, 11) is 4.78. The summed E-state index contributed by atoms with van der Waals surface area (Å²) in [4.78, 5) is 27.9. The van der Waals surface area contributed by atoms with Crippen molar-refractivity contribution < 1.29 is 23.8 Å². The van der Waals surface area contributed by atoms with Gasteiger partial charge in [-0.3, -0.25) is 4.79 Å². The van der Waals surface area contributed by atoms with Crippen molar-refractivity contribution in [3.05, 3.63) is 47.5 Å². The molecule has 8 nitrogen and oxygen atoms in total. The number of methoxy groups -OCH3 is 3. The van der Waals surface area contributed by atoms with Crippen LogP contribution in [0.5, 0.6) is 17.2 Å². The Morgan fingerprint density at radius 1 is 1.03 bits per heavy atom. The molecule has 2 atom stereocenters. The maximum Gasteiger partial charge on any atom is 0.318 e. The fourth-order valence-electron chi connectivity index (χ4n) is 3.90. The van der Waals surface area contributed by atoms with Crippen LogP contribution in [0.4, 0.5) is 10.5 Å². The molecule has 1 aliphatic heterocycles. The highest BCUT2D eigenvalue weighted by Gasteiger charge is 2.30. The molecule has 0 radical (unpaired) electrons. The summed E-state index contributed by atoms with van der Waals surface area (Å²) in [5, 5.41) is 5.86. The van der Waals surface area contributed by atoms with Crippen LogP contribution in [0.2, 0.25) is 0 Å². The number of carbonyl (C=O) groups is 2. The Morgan fingerprint density at radius 2 is 1.73 bits per heavy atom. The van der Waals surface area contributed by atoms with Crippen molar-refractivity contribution in [3.8, 4) is 17.2 Å². The summed E-state index contributed by atoms with van der Waals surface area (Å²) in [5.41, 5.74) is 2.76. The van der Waals surface area contributed by atoms with Gasteiger partial charge in [-0.1, -0.05) is 26.3 Å². The zero-order valence-corrected chi connectivity index (χ0v) is 19.9. The molecule has 2 N–H and O–H groups in total. The Kier molecular flexibility index (Phi) is 8.03. The van der Waals surface area contributed by atoms with Gasteiger partial charge in [0.1, 0.15) is 11.8 Å². The normalized spacial score (nSPS) is 14.5. The fraction of sp³-hybridized carbons (Fsp3) is 0.440. The van der Waals surface area contributed by atoms with E-state index in [0.29, 0.717) is 42.4 Å². The summed E-state index contributed by atoms with van der Waals surface area (Å²) >= 11 is 0. The summed E-state index contributed by atoms with van der Waals surface area (Å²) < 4.78 is 16.0. The number of ether oxygens (including phenoxy) is 3. The number of rotatable bonds is 8. The van der Waals surface area contributed by atoms with Crippen LogP contribution < -0.4 is 24.8 Å². The number of hydrogen-bond acceptors (Lipinski definition) is 5. The molecule has 0 bridgehead atoms. The summed E-state index contributed by atoms with van der Waals surface area (Å²) in [6, 6.07) is 10.1. The average Bonchev–Trinajstić information content (AvgIpc) is 2.85. The van der Waals surface area contributed by atoms with E-state index in [-0.39, 0.29) is 17.9 Å². The quantitative estimate of drug-likeness (QED) is 0.632. The molecular formula is C25H33N3O5. The predicted octanol–water partition coefficient (Wildman–Crippen LogP) is 3.83. The van der Waals surface area contributed by atoms with Crippen molar-refractivity contribution in [2.75, 3.05) is 33.2 Å². The Labute approximate surface area is 195 Å². The Morgan fingerprint density at radius 3 is 2.36 bits per heavy atom. The van der Waals surface area contributed by atoms with Crippen molar-refractivity contribution in [1.82, 2.24) is 10.2 Å². The molecule has 0 spiro atoms. The molecule has 1 unspecified atom stereocenters. The van der Waals surface area contributed by atoms with E-state index in [1.165, 1.54) is 0 Å². The van der Waals surface area contributed by atoms with E-state index in [0.717, 1.165) is 17.5 Å². The van der Waals surface area contributed by atoms with Crippen LogP contribution in [-0.2, 0) is 17.8 Å². The zero-order valence-electron chi connectivity index (χ0n) is 19.9. The van der Waals surface area contributed by atoms with Crippen molar-refractivity contribution in [2.24, 2.45) is 5.92 Å². The standard InChI is InChI=1S/C25H33N3O5/c1-6-16(2)23(24(29)26-19-8-7-9-20(14-19)31-3)27-25(30)28-11-10-17-12-21(32-4)22(33-5)13-18(17)15-28/h7-9,12-14,16,23H,6,10-11,15H2,1-5H3,(H,26,29)(H,27,30)/t16?,23-/m0/s1. The third-order valence-electron chi connectivity index (χ3n) is 6.12. The number of nitrogens with one attached hydrogen (secondary N) is 2. The molecule has 2 aromatic rings. The molecule has 3 rings (SSSR count). The van der Waals surface area contributed by atoms with Crippen molar-refractivity contribution in [2.45, 2.75) is 39.3 Å². The smallest absolute Gasteiger partial charge is 0.318 e. The Bertz CT molecular complexity index is 994. The number of amides is 3. The lowest BCUT2D eigenvalue weighted by Crippen LogP contribution is -2.53. The first-order chi connectivity index (χ1) is 15.9. The van der Waals surface area contributed by atoms with Gasteiger partial charge in [0.25, 0.3) is 0 Å². The molecule has 8 heteroatoms. The molecule has 0 aliphatic carbocycles. The van der Waals surface area contributed by atoms with Crippen LogP contribution in [0.3, 0.4) is 0 Å². The first-order valence-corrected chi connectivity index (χ1v) is 11.1. The lowest BCUT2D eigenvalue weighted by molar-refractivity contribution is -0.119. The van der Waals surface area contributed by atoms with Gasteiger partial charge in [0.2, 0.25) is 5.91 Å². The van der Waals surface area contributed by atoms with E-state index in [1.807, 2.05) is 32.0 Å². The number of hydrogen-bond donors (Lipinski definition) is 2. The van der Waals surface area contributed by atoms with Crippen LogP contribution in [0.25, 0.3) is 0 Å². The highest BCUT2D eigenvalue weighted by molar-refractivity contribution is 5.97. The van der Waals surface area contributed by atoms with Gasteiger partial charge in [0.05, 0.1) is 21.3 Å². The lowest BCUT2D eigenvalue weighted by atomic mass is 9.97. The molecule has 0 fully saturated rings. The van der Waals surface area contributed by atoms with Gasteiger partial charge in [0, 0.05) is 24.8 Å². The predicted molar refractivity (Wildman–Crippen MR) is 127 cm³/mol. The van der Waals surface area contributed by atoms with E-state index in [2.05, 4.69) is 10.6 Å². The van der Waals surface area contributed by atoms with Crippen LogP contribution in [0.15, 0.2) is 36.4 Å². The molecule has 2 aromatic carbocycles. The second-order valence-corrected chi connectivity index (χ2v) is 8.18. The molecule has 0 aromatic heterocycles. The number of urea groups is 1. The molecule has 33 heavy (non-hydrogen) atoms. The van der Waals surface area contributed by atoms with Crippen LogP contribution >= 0.6 is 0 Å². The second-order valence-electron chi connectivity index (χ2n) is 8.18. The van der Waals surface area contributed by atoms with Crippen molar-refractivity contribution in [3.63, 3.8) is 0 Å². The van der Waals surface area contributed by atoms with E-state index in [9.17, 15) is 9.59 Å². The van der Waals surface area contributed by atoms with Crippen LogP contribution in [0.1, 0.15) is 31.4 Å². The van der Waals surface area contributed by atoms with Gasteiger partial charge in [0.15, 0.2) is 11.5 Å². The largest absolute Gasteiger partial charge is 0.497 e. The van der Waals surface area contributed by atoms with Crippen molar-refractivity contribution >= 4 is 17.6 Å². The first-order valence-electron chi connectivity index (χ1n) is 11.1. The van der Waals surface area contributed by atoms with E-state index in [4.69, 9.17) is 14.2 Å². The number of benzene rings is 2. The molecular weight excluding hydrogens is 422 g/mol. The number of carbonyl (C=O) groups excluding carboxylic acids is 2. The van der Waals surface area contributed by atoms with Crippen molar-refractivity contribution in [1.29, 1.82) is 0 Å². The monoisotopic (exact) mass is 455 g/mol. The highest BCUT2D eigenvalue weighted by atomic mass is 16.5. The summed E-state index contributed by atoms with van der Waals surface area (Å²) in [6.07, 6.45) is 1.45. The minimum atomic E-state index is -0.666. The third kappa shape index (κ3) is 5.69. The van der Waals surface area contributed by atoms with Gasteiger partial charge < -0.3 is 29.7 Å². The zero-order chi connectivity index (χ0) is 24.0. The van der Waals surface area contributed by atoms with E-state index < -0.39 is 6.04 Å². The molecule has 178 valence electrons. The SMILES string of the molecule is CCC(C)[C@H](NC(=O)N1CCc2cc(OC)c(OC)cc2C1)C(=O)Nc1cccc(OC)c1. The maximum absolute atomic E-state index is 13.1. The number of anilines is 1. The Balaban J connectivity index is 1.72. The van der Waals surface area contributed by atoms with Crippen LogP contribution in [-0.4, -0.2) is 50.8 Å². The third-order valence-corrected chi connectivity index (χ3v) is 6.12. The molecule has 3 amide bonds. The molecule has 0 saturated heterocycles. The second kappa shape index (κ2) is 10.9. The topological polar surface area (TPSA) is 89.1 Å². The first kappa shape index (κ1) is 24.2. The average molecular weight is 456 g/mol. The van der Waals surface area contributed by atoms with E-state index >= 15 is 0 Å². The minimum absolute atomic E-state index is 0.0408. The maximum atomic E-state index is 13.1. The summed E-state index contributed by atoms with van der Waals surface area (Å²) in [6.45, 7) is 4.95. The van der Waals surface area contributed by atoms with Crippen LogP contribution in [0, 0.1) is 5.92 Å². The fourth-order valence-corrected chi connectivity index (χ4v) is 3.90. The van der Waals surface area contributed by atoms with E-state index in [1.54, 1.807) is 44.4 Å². The Hall–Kier alpha value is -3.42. The molecule has 1 heterocycles. The molecule has 0 saturated carbocycles. The van der Waals surface area contributed by atoms with Gasteiger partial charge in [-0.2, -0.15) is 0 Å². The number of fused-ring (bicyclic) bond motifs is 1. The van der Waals surface area contributed by atoms with Gasteiger partial charge >= 0.3 is 6.03 Å². The highest BCUT2D eigenvalue weighted by Crippen LogP contribution is 2.33. The summed E-state index contributed by atoms with van der Waals surface area (Å²) in [5.74, 6) is 1.67. The molecule has 1 aliphatic rings. The van der Waals surface area contributed by atoms with Gasteiger partial charge in [-0.05, 0) is 47.7 Å². The number of nitrogens with zero attached hydrogens (tertiary/aromatic N) is 1.